The first-order valence-corrected chi connectivity index (χ1v) is 13.1. The summed E-state index contributed by atoms with van der Waals surface area (Å²) in [6.45, 7) is 3.73. The highest BCUT2D eigenvalue weighted by atomic mass is 16.5. The van der Waals surface area contributed by atoms with Crippen molar-refractivity contribution in [3.8, 4) is 11.5 Å². The van der Waals surface area contributed by atoms with Crippen molar-refractivity contribution in [3.05, 3.63) is 78.4 Å². The van der Waals surface area contributed by atoms with E-state index in [0.717, 1.165) is 37.5 Å². The minimum atomic E-state index is -0.381. The van der Waals surface area contributed by atoms with Crippen molar-refractivity contribution in [2.75, 3.05) is 0 Å². The number of carbonyl (C=O) groups excluding carboxylic acids is 2. The van der Waals surface area contributed by atoms with Crippen LogP contribution in [0.25, 0.3) is 5.57 Å². The number of aldehydes is 1. The van der Waals surface area contributed by atoms with Gasteiger partial charge in [0.15, 0.2) is 0 Å². The summed E-state index contributed by atoms with van der Waals surface area (Å²) in [7, 11) is 0. The fourth-order valence-corrected chi connectivity index (χ4v) is 4.02. The Morgan fingerprint density at radius 1 is 1.03 bits per heavy atom. The molecule has 0 radical (unpaired) electrons. The molecule has 0 aromatic heterocycles. The van der Waals surface area contributed by atoms with Gasteiger partial charge in [-0.15, -0.1) is 6.58 Å². The Morgan fingerprint density at radius 2 is 1.73 bits per heavy atom. The van der Waals surface area contributed by atoms with Crippen molar-refractivity contribution in [2.24, 2.45) is 5.73 Å². The molecule has 198 valence electrons. The predicted octanol–water partition coefficient (Wildman–Crippen LogP) is 6.56. The summed E-state index contributed by atoms with van der Waals surface area (Å²) >= 11 is 0. The number of hydrogen-bond acceptors (Lipinski definition) is 6. The molecule has 0 aliphatic rings. The first-order valence-electron chi connectivity index (χ1n) is 13.1. The van der Waals surface area contributed by atoms with Crippen LogP contribution in [0.2, 0.25) is 0 Å². The highest BCUT2D eigenvalue weighted by Crippen LogP contribution is 2.25. The molecule has 0 fully saturated rings. The summed E-state index contributed by atoms with van der Waals surface area (Å²) in [4.78, 5) is 23.7. The van der Waals surface area contributed by atoms with Crippen LogP contribution in [0.15, 0.2) is 67.3 Å². The van der Waals surface area contributed by atoms with Gasteiger partial charge in [-0.25, -0.2) is 0 Å². The number of hydrogen-bond donors (Lipinski definition) is 3. The molecule has 2 aromatic rings. The number of phenols is 1. The number of carbonyl (C=O) groups is 2. The normalized spacial score (nSPS) is 12.1. The molecule has 0 saturated heterocycles. The van der Waals surface area contributed by atoms with Crippen molar-refractivity contribution in [1.29, 1.82) is 5.41 Å². The van der Waals surface area contributed by atoms with E-state index in [-0.39, 0.29) is 24.2 Å². The highest BCUT2D eigenvalue weighted by molar-refractivity contribution is 6.07. The van der Waals surface area contributed by atoms with E-state index in [9.17, 15) is 14.7 Å². The third-order valence-corrected chi connectivity index (χ3v) is 6.13. The number of esters is 1. The number of ether oxygens (including phenoxy) is 1. The lowest BCUT2D eigenvalue weighted by Crippen LogP contribution is -2.19. The molecule has 4 N–H and O–H groups in total. The van der Waals surface area contributed by atoms with Gasteiger partial charge in [0.1, 0.15) is 17.8 Å². The van der Waals surface area contributed by atoms with Crippen molar-refractivity contribution >= 4 is 23.5 Å². The maximum Gasteiger partial charge on any atom is 0.311 e. The van der Waals surface area contributed by atoms with Gasteiger partial charge >= 0.3 is 5.97 Å². The minimum Gasteiger partial charge on any atom is -0.508 e. The first-order chi connectivity index (χ1) is 17.9. The third-order valence-electron chi connectivity index (χ3n) is 6.13. The summed E-state index contributed by atoms with van der Waals surface area (Å²) in [5.41, 5.74) is 8.43. The van der Waals surface area contributed by atoms with E-state index in [1.165, 1.54) is 25.3 Å². The zero-order valence-corrected chi connectivity index (χ0v) is 21.7. The summed E-state index contributed by atoms with van der Waals surface area (Å²) in [6.07, 6.45) is 13.4. The van der Waals surface area contributed by atoms with Gasteiger partial charge in [0.2, 0.25) is 0 Å². The molecule has 1 atom stereocenters. The number of benzene rings is 2. The molecule has 0 bridgehead atoms. The van der Waals surface area contributed by atoms with Crippen LogP contribution in [0.3, 0.4) is 0 Å². The average Bonchev–Trinajstić information content (AvgIpc) is 2.90. The van der Waals surface area contributed by atoms with Crippen LogP contribution in [0.1, 0.15) is 75.3 Å². The zero-order valence-electron chi connectivity index (χ0n) is 21.7. The van der Waals surface area contributed by atoms with Gasteiger partial charge in [0, 0.05) is 35.7 Å². The number of nitrogens with one attached hydrogen (secondary N) is 1. The lowest BCUT2D eigenvalue weighted by Gasteiger charge is -2.12. The molecule has 0 aliphatic heterocycles. The second kappa shape index (κ2) is 17.0. The molecular weight excluding hydrogens is 464 g/mol. The van der Waals surface area contributed by atoms with Crippen LogP contribution in [-0.2, 0) is 16.0 Å². The van der Waals surface area contributed by atoms with E-state index in [2.05, 4.69) is 6.58 Å². The molecule has 6 heteroatoms. The van der Waals surface area contributed by atoms with Gasteiger partial charge in [0.05, 0.1) is 0 Å². The molecule has 2 aromatic carbocycles. The monoisotopic (exact) mass is 504 g/mol. The molecule has 0 saturated carbocycles. The fraction of sp³-hybridized carbons (Fsp3) is 0.387. The Hall–Kier alpha value is -3.51. The van der Waals surface area contributed by atoms with Crippen LogP contribution in [-0.4, -0.2) is 29.1 Å². The van der Waals surface area contributed by atoms with E-state index in [0.29, 0.717) is 41.9 Å². The maximum atomic E-state index is 12.2. The van der Waals surface area contributed by atoms with Gasteiger partial charge in [-0.3, -0.25) is 9.59 Å². The molecule has 0 amide bonds. The van der Waals surface area contributed by atoms with Gasteiger partial charge in [-0.2, -0.15) is 0 Å². The summed E-state index contributed by atoms with van der Waals surface area (Å²) in [5, 5.41) is 18.6. The zero-order chi connectivity index (χ0) is 26.9. The summed E-state index contributed by atoms with van der Waals surface area (Å²) in [5.74, 6) is 0.131. The van der Waals surface area contributed by atoms with E-state index < -0.39 is 0 Å². The lowest BCUT2D eigenvalue weighted by molar-refractivity contribution is -0.134. The van der Waals surface area contributed by atoms with Crippen molar-refractivity contribution in [1.82, 2.24) is 0 Å². The second-order valence-corrected chi connectivity index (χ2v) is 9.30. The Bertz CT molecular complexity index is 1050. The molecule has 0 aliphatic carbocycles. The molecule has 1 unspecified atom stereocenters. The minimum absolute atomic E-state index is 0.0533. The van der Waals surface area contributed by atoms with Crippen LogP contribution in [0, 0.1) is 5.41 Å². The van der Waals surface area contributed by atoms with Crippen molar-refractivity contribution < 1.29 is 19.4 Å². The number of rotatable bonds is 18. The largest absolute Gasteiger partial charge is 0.508 e. The average molecular weight is 505 g/mol. The Morgan fingerprint density at radius 3 is 2.43 bits per heavy atom. The fourth-order valence-electron chi connectivity index (χ4n) is 4.02. The van der Waals surface area contributed by atoms with E-state index in [4.69, 9.17) is 15.9 Å². The number of unbranched alkanes of at least 4 members (excludes halogenated alkanes) is 6. The summed E-state index contributed by atoms with van der Waals surface area (Å²) < 4.78 is 5.46. The van der Waals surface area contributed by atoms with Crippen LogP contribution in [0.4, 0.5) is 0 Å². The molecule has 0 heterocycles. The Labute approximate surface area is 220 Å². The Kier molecular flexibility index (Phi) is 13.7. The number of aromatic hydroxyl groups is 1. The summed E-state index contributed by atoms with van der Waals surface area (Å²) in [6, 6.07) is 13.6. The van der Waals surface area contributed by atoms with Crippen LogP contribution < -0.4 is 10.5 Å². The molecular formula is C31H40N2O4. The first kappa shape index (κ1) is 29.7. The standard InChI is InChI=1S/C31H40N2O4/c1-2-3-4-5-6-7-8-12-15-31(36)37-29-18-19-30(35)25(22-29)20-27(32)16-17-28(33)21-26(23-34)24-13-10-9-11-14-24/h2,9-11,13-14,18-19,21-23,28,32,35H,1,3-8,12,15-17,20,33H2. The SMILES string of the molecule is C=CCCCCCCCCC(=O)Oc1ccc(O)c(CC(=N)CCC(N)C=C(C=O)c2ccccc2)c1. The van der Waals surface area contributed by atoms with Crippen LogP contribution >= 0.6 is 0 Å². The molecule has 2 rings (SSSR count). The second-order valence-electron chi connectivity index (χ2n) is 9.30. The van der Waals surface area contributed by atoms with E-state index >= 15 is 0 Å². The molecule has 0 spiro atoms. The topological polar surface area (TPSA) is 113 Å². The highest BCUT2D eigenvalue weighted by Gasteiger charge is 2.12. The van der Waals surface area contributed by atoms with Gasteiger partial charge in [-0.1, -0.05) is 68.2 Å². The van der Waals surface area contributed by atoms with Gasteiger partial charge < -0.3 is 21.0 Å². The number of phenolic OH excluding ortho intramolecular Hbond substituents is 1. The van der Waals surface area contributed by atoms with Gasteiger partial charge in [0.25, 0.3) is 0 Å². The smallest absolute Gasteiger partial charge is 0.311 e. The number of nitrogens with two attached hydrogens (primary N) is 1. The van der Waals surface area contributed by atoms with Crippen LogP contribution in [0.5, 0.6) is 11.5 Å². The Balaban J connectivity index is 1.78. The van der Waals surface area contributed by atoms with Crippen molar-refractivity contribution in [3.63, 3.8) is 0 Å². The predicted molar refractivity (Wildman–Crippen MR) is 150 cm³/mol. The van der Waals surface area contributed by atoms with E-state index in [1.807, 2.05) is 36.4 Å². The maximum absolute atomic E-state index is 12.2. The third kappa shape index (κ3) is 11.8. The van der Waals surface area contributed by atoms with E-state index in [1.54, 1.807) is 18.2 Å². The lowest BCUT2D eigenvalue weighted by atomic mass is 9.99. The van der Waals surface area contributed by atoms with Crippen molar-refractivity contribution in [2.45, 2.75) is 76.7 Å². The molecule has 6 nitrogen and oxygen atoms in total. The number of allylic oxidation sites excluding steroid dienone is 2. The molecule has 37 heavy (non-hydrogen) atoms. The van der Waals surface area contributed by atoms with Gasteiger partial charge in [-0.05, 0) is 55.9 Å². The quantitative estimate of drug-likeness (QED) is 0.0405.